The van der Waals surface area contributed by atoms with Crippen LogP contribution in [-0.2, 0) is 11.2 Å². The second-order valence-corrected chi connectivity index (χ2v) is 6.38. The standard InChI is InChI=1S/C20H20FNO4/c21-18-12-15(9-8-13(18)11-19(23)24)22-20(25)14-4-3-7-17(10-14)26-16-5-1-2-6-16/h3-4,7-10,12,16H,1-2,5-6,11H2,(H,22,25)(H,23,24). The third-order valence-electron chi connectivity index (χ3n) is 4.35. The first-order chi connectivity index (χ1) is 12.5. The lowest BCUT2D eigenvalue weighted by molar-refractivity contribution is -0.136. The summed E-state index contributed by atoms with van der Waals surface area (Å²) in [4.78, 5) is 23.1. The number of amides is 1. The van der Waals surface area contributed by atoms with E-state index in [1.807, 2.05) is 6.07 Å². The summed E-state index contributed by atoms with van der Waals surface area (Å²) in [6.45, 7) is 0. The second-order valence-electron chi connectivity index (χ2n) is 6.38. The molecule has 136 valence electrons. The first-order valence-corrected chi connectivity index (χ1v) is 8.59. The monoisotopic (exact) mass is 357 g/mol. The fourth-order valence-corrected chi connectivity index (χ4v) is 3.04. The minimum atomic E-state index is -1.11. The first-order valence-electron chi connectivity index (χ1n) is 8.59. The molecule has 1 aliphatic rings. The SMILES string of the molecule is O=C(O)Cc1ccc(NC(=O)c2cccc(OC3CCCC3)c2)cc1F. The Bertz CT molecular complexity index is 815. The first kappa shape index (κ1) is 17.9. The van der Waals surface area contributed by atoms with Gasteiger partial charge in [-0.05, 0) is 61.6 Å². The Morgan fingerprint density at radius 1 is 1.15 bits per heavy atom. The molecule has 0 heterocycles. The summed E-state index contributed by atoms with van der Waals surface area (Å²) >= 11 is 0. The average molecular weight is 357 g/mol. The van der Waals surface area contributed by atoms with Crippen LogP contribution >= 0.6 is 0 Å². The quantitative estimate of drug-likeness (QED) is 0.818. The maximum atomic E-state index is 13.9. The van der Waals surface area contributed by atoms with E-state index in [0.717, 1.165) is 31.7 Å². The van der Waals surface area contributed by atoms with E-state index in [2.05, 4.69) is 5.32 Å². The van der Waals surface area contributed by atoms with Crippen molar-refractivity contribution in [1.29, 1.82) is 0 Å². The van der Waals surface area contributed by atoms with Crippen molar-refractivity contribution in [1.82, 2.24) is 0 Å². The Kier molecular flexibility index (Phi) is 5.51. The summed E-state index contributed by atoms with van der Waals surface area (Å²) < 4.78 is 19.8. The van der Waals surface area contributed by atoms with Gasteiger partial charge in [0.15, 0.2) is 0 Å². The van der Waals surface area contributed by atoms with Crippen molar-refractivity contribution in [3.63, 3.8) is 0 Å². The number of hydrogen-bond acceptors (Lipinski definition) is 3. The van der Waals surface area contributed by atoms with Gasteiger partial charge in [0.05, 0.1) is 12.5 Å². The van der Waals surface area contributed by atoms with Crippen LogP contribution in [0.4, 0.5) is 10.1 Å². The van der Waals surface area contributed by atoms with Crippen molar-refractivity contribution in [2.24, 2.45) is 0 Å². The number of carboxylic acids is 1. The van der Waals surface area contributed by atoms with Gasteiger partial charge < -0.3 is 15.2 Å². The van der Waals surface area contributed by atoms with Gasteiger partial charge >= 0.3 is 5.97 Å². The number of benzene rings is 2. The Morgan fingerprint density at radius 3 is 2.62 bits per heavy atom. The van der Waals surface area contributed by atoms with Gasteiger partial charge in [-0.1, -0.05) is 12.1 Å². The largest absolute Gasteiger partial charge is 0.490 e. The lowest BCUT2D eigenvalue weighted by Crippen LogP contribution is -2.14. The normalized spacial score (nSPS) is 14.2. The zero-order chi connectivity index (χ0) is 18.5. The molecule has 1 fully saturated rings. The molecular weight excluding hydrogens is 337 g/mol. The van der Waals surface area contributed by atoms with Crippen molar-refractivity contribution in [2.75, 3.05) is 5.32 Å². The Morgan fingerprint density at radius 2 is 1.92 bits per heavy atom. The van der Waals surface area contributed by atoms with Crippen LogP contribution in [-0.4, -0.2) is 23.1 Å². The van der Waals surface area contributed by atoms with Crippen molar-refractivity contribution in [2.45, 2.75) is 38.2 Å². The van der Waals surface area contributed by atoms with E-state index in [4.69, 9.17) is 9.84 Å². The van der Waals surface area contributed by atoms with Gasteiger partial charge in [0.1, 0.15) is 11.6 Å². The highest BCUT2D eigenvalue weighted by atomic mass is 19.1. The summed E-state index contributed by atoms with van der Waals surface area (Å²) in [6, 6.07) is 10.9. The fraction of sp³-hybridized carbons (Fsp3) is 0.300. The van der Waals surface area contributed by atoms with E-state index in [-0.39, 0.29) is 23.3 Å². The minimum Gasteiger partial charge on any atom is -0.490 e. The predicted molar refractivity (Wildman–Crippen MR) is 95.0 cm³/mol. The van der Waals surface area contributed by atoms with Crippen LogP contribution in [0.2, 0.25) is 0 Å². The molecule has 0 saturated heterocycles. The number of aliphatic carboxylic acids is 1. The minimum absolute atomic E-state index is 0.0717. The number of halogens is 1. The van der Waals surface area contributed by atoms with Gasteiger partial charge in [-0.15, -0.1) is 0 Å². The van der Waals surface area contributed by atoms with Crippen LogP contribution in [0.15, 0.2) is 42.5 Å². The average Bonchev–Trinajstić information content (AvgIpc) is 3.10. The highest BCUT2D eigenvalue weighted by Crippen LogP contribution is 2.25. The number of anilines is 1. The Hall–Kier alpha value is -2.89. The molecule has 2 aromatic rings. The molecule has 0 spiro atoms. The van der Waals surface area contributed by atoms with Gasteiger partial charge in [0.2, 0.25) is 0 Å². The predicted octanol–water partition coefficient (Wildman–Crippen LogP) is 4.03. The van der Waals surface area contributed by atoms with Crippen LogP contribution in [0.25, 0.3) is 0 Å². The van der Waals surface area contributed by atoms with Crippen molar-refractivity contribution < 1.29 is 23.8 Å². The molecule has 6 heteroatoms. The Labute approximate surface area is 150 Å². The molecule has 0 bridgehead atoms. The third-order valence-corrected chi connectivity index (χ3v) is 4.35. The molecule has 0 aliphatic heterocycles. The van der Waals surface area contributed by atoms with E-state index in [0.29, 0.717) is 11.3 Å². The van der Waals surface area contributed by atoms with Gasteiger partial charge in [-0.3, -0.25) is 9.59 Å². The molecule has 0 aromatic heterocycles. The molecular formula is C20H20FNO4. The molecule has 1 aliphatic carbocycles. The van der Waals surface area contributed by atoms with E-state index < -0.39 is 18.2 Å². The van der Waals surface area contributed by atoms with E-state index in [1.54, 1.807) is 18.2 Å². The maximum Gasteiger partial charge on any atom is 0.307 e. The Balaban J connectivity index is 1.67. The number of nitrogens with one attached hydrogen (secondary N) is 1. The van der Waals surface area contributed by atoms with Gasteiger partial charge in [-0.25, -0.2) is 4.39 Å². The van der Waals surface area contributed by atoms with E-state index >= 15 is 0 Å². The van der Waals surface area contributed by atoms with Gasteiger partial charge in [0, 0.05) is 11.3 Å². The highest BCUT2D eigenvalue weighted by Gasteiger charge is 2.17. The zero-order valence-electron chi connectivity index (χ0n) is 14.2. The van der Waals surface area contributed by atoms with Gasteiger partial charge in [0.25, 0.3) is 5.91 Å². The van der Waals surface area contributed by atoms with Crippen LogP contribution in [0, 0.1) is 5.82 Å². The number of carbonyl (C=O) groups is 2. The number of carbonyl (C=O) groups excluding carboxylic acids is 1. The van der Waals surface area contributed by atoms with Crippen LogP contribution in [0.3, 0.4) is 0 Å². The lowest BCUT2D eigenvalue weighted by Gasteiger charge is -2.14. The molecule has 0 radical (unpaired) electrons. The number of hydrogen-bond donors (Lipinski definition) is 2. The topological polar surface area (TPSA) is 75.6 Å². The molecule has 0 atom stereocenters. The van der Waals surface area contributed by atoms with E-state index in [9.17, 15) is 14.0 Å². The molecule has 1 amide bonds. The molecule has 5 nitrogen and oxygen atoms in total. The zero-order valence-corrected chi connectivity index (χ0v) is 14.2. The number of carboxylic acid groups (broad SMARTS) is 1. The summed E-state index contributed by atoms with van der Waals surface area (Å²) in [6.07, 6.45) is 4.17. The number of rotatable bonds is 6. The molecule has 1 saturated carbocycles. The highest BCUT2D eigenvalue weighted by molar-refractivity contribution is 6.04. The second kappa shape index (κ2) is 7.99. The molecule has 2 N–H and O–H groups in total. The van der Waals surface area contributed by atoms with E-state index in [1.165, 1.54) is 12.1 Å². The molecule has 3 rings (SSSR count). The van der Waals surface area contributed by atoms with Crippen LogP contribution in [0.1, 0.15) is 41.6 Å². The van der Waals surface area contributed by atoms with Gasteiger partial charge in [-0.2, -0.15) is 0 Å². The van der Waals surface area contributed by atoms with Crippen LogP contribution in [0.5, 0.6) is 5.75 Å². The lowest BCUT2D eigenvalue weighted by atomic mass is 10.1. The van der Waals surface area contributed by atoms with Crippen molar-refractivity contribution in [3.8, 4) is 5.75 Å². The van der Waals surface area contributed by atoms with Crippen molar-refractivity contribution >= 4 is 17.6 Å². The van der Waals surface area contributed by atoms with Crippen LogP contribution < -0.4 is 10.1 Å². The molecule has 26 heavy (non-hydrogen) atoms. The maximum absolute atomic E-state index is 13.9. The van der Waals surface area contributed by atoms with Crippen molar-refractivity contribution in [3.05, 3.63) is 59.4 Å². The summed E-state index contributed by atoms with van der Waals surface area (Å²) in [5.74, 6) is -1.51. The summed E-state index contributed by atoms with van der Waals surface area (Å²) in [5.41, 5.74) is 0.752. The molecule has 0 unspecified atom stereocenters. The summed E-state index contributed by atoms with van der Waals surface area (Å²) in [5, 5.41) is 11.4. The summed E-state index contributed by atoms with van der Waals surface area (Å²) in [7, 11) is 0. The third kappa shape index (κ3) is 4.59. The fourth-order valence-electron chi connectivity index (χ4n) is 3.04. The molecule has 2 aromatic carbocycles. The number of ether oxygens (including phenoxy) is 1. The smallest absolute Gasteiger partial charge is 0.307 e.